The summed E-state index contributed by atoms with van der Waals surface area (Å²) in [7, 11) is 0. The number of hydrogen-bond donors (Lipinski definition) is 1. The van der Waals surface area contributed by atoms with E-state index in [1.807, 2.05) is 34.6 Å². The molecule has 0 bridgehead atoms. The van der Waals surface area contributed by atoms with Gasteiger partial charge in [0, 0.05) is 0 Å². The van der Waals surface area contributed by atoms with Crippen LogP contribution >= 0.6 is 0 Å². The molecule has 1 rings (SSSR count). The van der Waals surface area contributed by atoms with Crippen molar-refractivity contribution < 1.29 is 52.3 Å². The Morgan fingerprint density at radius 1 is 0.725 bits per heavy atom. The van der Waals surface area contributed by atoms with Crippen LogP contribution in [-0.4, -0.2) is 62.0 Å². The van der Waals surface area contributed by atoms with Crippen molar-refractivity contribution in [3.05, 3.63) is 23.8 Å². The van der Waals surface area contributed by atoms with Gasteiger partial charge in [-0.3, -0.25) is 4.79 Å². The highest BCUT2D eigenvalue weighted by atomic mass is 16.8. The van der Waals surface area contributed by atoms with Crippen LogP contribution in [0.3, 0.4) is 0 Å². The highest BCUT2D eigenvalue weighted by molar-refractivity contribution is 5.76. The molecule has 12 nitrogen and oxygen atoms in total. The monoisotopic (exact) mass is 569 g/mol. The number of benzene rings is 1. The van der Waals surface area contributed by atoms with Crippen LogP contribution in [-0.2, 0) is 34.9 Å². The van der Waals surface area contributed by atoms with E-state index in [4.69, 9.17) is 38.9 Å². The van der Waals surface area contributed by atoms with Crippen molar-refractivity contribution in [3.8, 4) is 11.5 Å². The molecule has 0 aliphatic rings. The Labute approximate surface area is 235 Å². The lowest BCUT2D eigenvalue weighted by Gasteiger charge is -2.23. The molecule has 2 N–H and O–H groups in total. The van der Waals surface area contributed by atoms with E-state index in [0.29, 0.717) is 12.0 Å². The summed E-state index contributed by atoms with van der Waals surface area (Å²) >= 11 is 0. The first-order valence-electron chi connectivity index (χ1n) is 13.4. The van der Waals surface area contributed by atoms with Crippen molar-refractivity contribution in [3.63, 3.8) is 0 Å². The summed E-state index contributed by atoms with van der Waals surface area (Å²) in [5, 5.41) is 0. The Balaban J connectivity index is 2.90. The largest absolute Gasteiger partial charge is 0.513 e. The topological polar surface area (TPSA) is 159 Å². The van der Waals surface area contributed by atoms with Crippen LogP contribution in [0.25, 0.3) is 0 Å². The van der Waals surface area contributed by atoms with E-state index >= 15 is 0 Å². The Kier molecular flexibility index (Phi) is 14.8. The second kappa shape index (κ2) is 17.2. The second-order valence-electron chi connectivity index (χ2n) is 10.3. The van der Waals surface area contributed by atoms with Gasteiger partial charge in [0.15, 0.2) is 11.5 Å². The molecule has 0 heterocycles. The van der Waals surface area contributed by atoms with E-state index in [1.165, 1.54) is 12.1 Å². The molecule has 0 aliphatic carbocycles. The minimum absolute atomic E-state index is 0.00761. The summed E-state index contributed by atoms with van der Waals surface area (Å²) in [6, 6.07) is 3.22. The van der Waals surface area contributed by atoms with Crippen molar-refractivity contribution in [1.82, 2.24) is 0 Å². The van der Waals surface area contributed by atoms with Gasteiger partial charge < -0.3 is 38.9 Å². The molecule has 226 valence electrons. The van der Waals surface area contributed by atoms with Gasteiger partial charge in [0.1, 0.15) is 24.4 Å². The molecular formula is C28H43NO11. The molecule has 1 aromatic carbocycles. The first kappa shape index (κ1) is 34.5. The summed E-state index contributed by atoms with van der Waals surface area (Å²) in [5.74, 6) is -0.781. The van der Waals surface area contributed by atoms with E-state index < -0.39 is 42.7 Å². The number of ether oxygens (including phenoxy) is 7. The lowest BCUT2D eigenvalue weighted by molar-refractivity contribution is -0.155. The molecule has 0 aliphatic heterocycles. The van der Waals surface area contributed by atoms with Crippen molar-refractivity contribution >= 4 is 24.4 Å². The molecule has 0 radical (unpaired) electrons. The predicted octanol–water partition coefficient (Wildman–Crippen LogP) is 5.17. The quantitative estimate of drug-likeness (QED) is 0.178. The smallest absolute Gasteiger partial charge is 0.458 e. The number of carbonyl (C=O) groups is 4. The third-order valence-electron chi connectivity index (χ3n) is 5.34. The number of rotatable bonds is 14. The fourth-order valence-corrected chi connectivity index (χ4v) is 2.78. The van der Waals surface area contributed by atoms with Gasteiger partial charge in [0.25, 0.3) is 0 Å². The van der Waals surface area contributed by atoms with E-state index in [1.54, 1.807) is 26.8 Å². The highest BCUT2D eigenvalue weighted by Crippen LogP contribution is 2.30. The average Bonchev–Trinajstić information content (AvgIpc) is 2.87. The van der Waals surface area contributed by atoms with Crippen LogP contribution in [0.2, 0.25) is 0 Å². The lowest BCUT2D eigenvalue weighted by atomic mass is 10.1. The molecule has 0 amide bonds. The van der Waals surface area contributed by atoms with Gasteiger partial charge in [-0.1, -0.05) is 40.7 Å². The third kappa shape index (κ3) is 13.5. The Morgan fingerprint density at radius 2 is 1.25 bits per heavy atom. The van der Waals surface area contributed by atoms with Gasteiger partial charge in [0.2, 0.25) is 0 Å². The van der Waals surface area contributed by atoms with Gasteiger partial charge in [-0.25, -0.2) is 14.4 Å². The molecule has 40 heavy (non-hydrogen) atoms. The Hall–Kier alpha value is -3.54. The average molecular weight is 570 g/mol. The maximum Gasteiger partial charge on any atom is 0.513 e. The fourth-order valence-electron chi connectivity index (χ4n) is 2.78. The molecule has 1 unspecified atom stereocenters. The summed E-state index contributed by atoms with van der Waals surface area (Å²) in [5.41, 5.74) is 6.54. The molecule has 1 aromatic rings. The van der Waals surface area contributed by atoms with Gasteiger partial charge in [-0.05, 0) is 63.1 Å². The predicted molar refractivity (Wildman–Crippen MR) is 144 cm³/mol. The number of carbonyl (C=O) groups excluding carboxylic acids is 4. The van der Waals surface area contributed by atoms with Crippen molar-refractivity contribution in [2.45, 2.75) is 92.6 Å². The van der Waals surface area contributed by atoms with Crippen LogP contribution in [0, 0.1) is 11.8 Å². The zero-order valence-electron chi connectivity index (χ0n) is 24.6. The fraction of sp³-hybridized carbons (Fsp3) is 0.643. The van der Waals surface area contributed by atoms with Gasteiger partial charge in [-0.2, -0.15) is 0 Å². The van der Waals surface area contributed by atoms with Gasteiger partial charge >= 0.3 is 24.4 Å². The molecule has 0 aromatic heterocycles. The van der Waals surface area contributed by atoms with Crippen LogP contribution in [0.15, 0.2) is 18.2 Å². The van der Waals surface area contributed by atoms with E-state index in [9.17, 15) is 19.2 Å². The molecule has 0 spiro atoms. The first-order valence-corrected chi connectivity index (χ1v) is 13.4. The second-order valence-corrected chi connectivity index (χ2v) is 10.3. The minimum atomic E-state index is -1.11. The highest BCUT2D eigenvalue weighted by Gasteiger charge is 2.26. The molecule has 4 atom stereocenters. The zero-order chi connectivity index (χ0) is 30.4. The van der Waals surface area contributed by atoms with Crippen molar-refractivity contribution in [2.75, 3.05) is 13.2 Å². The number of nitrogens with two attached hydrogens (primary N) is 1. The third-order valence-corrected chi connectivity index (χ3v) is 5.34. The summed E-state index contributed by atoms with van der Waals surface area (Å²) in [6.45, 7) is 14.4. The number of esters is 1. The summed E-state index contributed by atoms with van der Waals surface area (Å²) in [6.07, 6.45) is -4.09. The summed E-state index contributed by atoms with van der Waals surface area (Å²) < 4.78 is 36.1. The van der Waals surface area contributed by atoms with Gasteiger partial charge in [-0.15, -0.1) is 0 Å². The lowest BCUT2D eigenvalue weighted by Crippen LogP contribution is -2.39. The molecule has 0 saturated heterocycles. The van der Waals surface area contributed by atoms with Crippen LogP contribution < -0.4 is 15.2 Å². The molecular weight excluding hydrogens is 526 g/mol. The van der Waals surface area contributed by atoms with E-state index in [0.717, 1.165) is 0 Å². The van der Waals surface area contributed by atoms with E-state index in [2.05, 4.69) is 0 Å². The van der Waals surface area contributed by atoms with Gasteiger partial charge in [0.05, 0.1) is 13.2 Å². The minimum Gasteiger partial charge on any atom is -0.458 e. The van der Waals surface area contributed by atoms with Crippen LogP contribution in [0.1, 0.15) is 67.4 Å². The number of hydrogen-bond acceptors (Lipinski definition) is 12. The van der Waals surface area contributed by atoms with Crippen molar-refractivity contribution in [2.24, 2.45) is 17.6 Å². The standard InChI is InChI=1S/C28H43NO11/c1-9-18(6)36-28(33)38-20(8)19(7)37-25(30)22(29)12-21-10-11-23(39-26(31)34-14-16(2)3)24(13-21)40-27(32)35-15-17(4)5/h10-11,13,16-20,22H,9,12,14-15,29H2,1-8H3/t18?,19-,20-,22-/m0/s1. The normalized spacial score (nSPS) is 14.0. The maximum atomic E-state index is 12.6. The Bertz CT molecular complexity index is 979. The van der Waals surface area contributed by atoms with Crippen LogP contribution in [0.4, 0.5) is 14.4 Å². The van der Waals surface area contributed by atoms with Crippen LogP contribution in [0.5, 0.6) is 11.5 Å². The Morgan fingerprint density at radius 3 is 1.77 bits per heavy atom. The summed E-state index contributed by atoms with van der Waals surface area (Å²) in [4.78, 5) is 48.7. The maximum absolute atomic E-state index is 12.6. The first-order chi connectivity index (χ1) is 18.7. The van der Waals surface area contributed by atoms with E-state index in [-0.39, 0.29) is 49.1 Å². The molecule has 12 heteroatoms. The zero-order valence-corrected chi connectivity index (χ0v) is 24.6. The van der Waals surface area contributed by atoms with Crippen molar-refractivity contribution in [1.29, 1.82) is 0 Å². The molecule has 0 saturated carbocycles. The molecule has 0 fully saturated rings. The SMILES string of the molecule is CCC(C)OC(=O)O[C@@H](C)[C@H](C)OC(=O)[C@@H](N)Cc1ccc(OC(=O)OCC(C)C)c(OC(=O)OCC(C)C)c1.